The molecular weight excluding hydrogens is 192 g/mol. The van der Waals surface area contributed by atoms with Gasteiger partial charge in [0.1, 0.15) is 0 Å². The Balaban J connectivity index is 3.05. The van der Waals surface area contributed by atoms with E-state index in [1.54, 1.807) is 18.2 Å². The van der Waals surface area contributed by atoms with Crippen LogP contribution in [0.15, 0.2) is 18.2 Å². The van der Waals surface area contributed by atoms with Crippen molar-refractivity contribution in [2.75, 3.05) is 12.8 Å². The SMILES string of the molecule is CONC(=O)c1c(N)cccc1Cl. The fourth-order valence-electron chi connectivity index (χ4n) is 0.924. The number of halogens is 1. The lowest BCUT2D eigenvalue weighted by Crippen LogP contribution is -2.23. The van der Waals surface area contributed by atoms with Gasteiger partial charge in [0.2, 0.25) is 0 Å². The van der Waals surface area contributed by atoms with Crippen molar-refractivity contribution in [1.82, 2.24) is 5.48 Å². The van der Waals surface area contributed by atoms with Crippen LogP contribution in [-0.4, -0.2) is 13.0 Å². The van der Waals surface area contributed by atoms with Gasteiger partial charge in [0.05, 0.1) is 17.7 Å². The van der Waals surface area contributed by atoms with E-state index in [0.717, 1.165) is 0 Å². The summed E-state index contributed by atoms with van der Waals surface area (Å²) in [6.45, 7) is 0. The maximum absolute atomic E-state index is 11.3. The molecule has 0 aromatic heterocycles. The molecular formula is C8H9ClN2O2. The molecule has 0 heterocycles. The van der Waals surface area contributed by atoms with Crippen LogP contribution in [-0.2, 0) is 4.84 Å². The Morgan fingerprint density at radius 3 is 2.85 bits per heavy atom. The lowest BCUT2D eigenvalue weighted by Gasteiger charge is -2.06. The first kappa shape index (κ1) is 9.83. The van der Waals surface area contributed by atoms with E-state index in [2.05, 4.69) is 10.3 Å². The summed E-state index contributed by atoms with van der Waals surface area (Å²) in [6, 6.07) is 4.85. The molecule has 13 heavy (non-hydrogen) atoms. The van der Waals surface area contributed by atoms with Gasteiger partial charge in [-0.3, -0.25) is 9.63 Å². The van der Waals surface area contributed by atoms with Gasteiger partial charge in [-0.1, -0.05) is 17.7 Å². The molecule has 1 amide bonds. The first-order valence-corrected chi connectivity index (χ1v) is 3.92. The van der Waals surface area contributed by atoms with Crippen molar-refractivity contribution < 1.29 is 9.63 Å². The molecule has 1 rings (SSSR count). The highest BCUT2D eigenvalue weighted by Gasteiger charge is 2.12. The highest BCUT2D eigenvalue weighted by molar-refractivity contribution is 6.34. The topological polar surface area (TPSA) is 64.3 Å². The van der Waals surface area contributed by atoms with Crippen molar-refractivity contribution in [2.45, 2.75) is 0 Å². The number of rotatable bonds is 2. The Kier molecular flexibility index (Phi) is 3.11. The summed E-state index contributed by atoms with van der Waals surface area (Å²) in [6.07, 6.45) is 0. The second-order valence-corrected chi connectivity index (χ2v) is 2.75. The highest BCUT2D eigenvalue weighted by atomic mass is 35.5. The molecule has 70 valence electrons. The average molecular weight is 201 g/mol. The summed E-state index contributed by atoms with van der Waals surface area (Å²) in [7, 11) is 1.34. The quantitative estimate of drug-likeness (QED) is 0.557. The zero-order valence-electron chi connectivity index (χ0n) is 7.00. The van der Waals surface area contributed by atoms with E-state index < -0.39 is 5.91 Å². The molecule has 1 aromatic carbocycles. The number of nitrogen functional groups attached to an aromatic ring is 1. The zero-order valence-corrected chi connectivity index (χ0v) is 7.76. The smallest absolute Gasteiger partial charge is 0.278 e. The first-order valence-electron chi connectivity index (χ1n) is 3.54. The zero-order chi connectivity index (χ0) is 9.84. The van der Waals surface area contributed by atoms with Crippen LogP contribution in [0.25, 0.3) is 0 Å². The molecule has 0 aliphatic heterocycles. The molecule has 3 N–H and O–H groups in total. The molecule has 4 nitrogen and oxygen atoms in total. The highest BCUT2D eigenvalue weighted by Crippen LogP contribution is 2.21. The molecule has 0 aliphatic rings. The van der Waals surface area contributed by atoms with Gasteiger partial charge in [-0.15, -0.1) is 0 Å². The fraction of sp³-hybridized carbons (Fsp3) is 0.125. The summed E-state index contributed by atoms with van der Waals surface area (Å²) in [4.78, 5) is 15.7. The minimum atomic E-state index is -0.453. The monoisotopic (exact) mass is 200 g/mol. The minimum Gasteiger partial charge on any atom is -0.398 e. The van der Waals surface area contributed by atoms with Gasteiger partial charge in [-0.25, -0.2) is 5.48 Å². The van der Waals surface area contributed by atoms with Crippen LogP contribution in [0.3, 0.4) is 0 Å². The number of nitrogens with two attached hydrogens (primary N) is 1. The number of hydroxylamine groups is 1. The third-order valence-corrected chi connectivity index (χ3v) is 1.78. The number of hydrogen-bond donors (Lipinski definition) is 2. The lowest BCUT2D eigenvalue weighted by atomic mass is 10.2. The predicted molar refractivity (Wildman–Crippen MR) is 50.3 cm³/mol. The number of carbonyl (C=O) groups excluding carboxylic acids is 1. The van der Waals surface area contributed by atoms with E-state index in [1.807, 2.05) is 0 Å². The van der Waals surface area contributed by atoms with Crippen LogP contribution in [0.4, 0.5) is 5.69 Å². The third kappa shape index (κ3) is 2.11. The third-order valence-electron chi connectivity index (χ3n) is 1.47. The number of carbonyl (C=O) groups is 1. The van der Waals surface area contributed by atoms with Gasteiger partial charge in [0.15, 0.2) is 0 Å². The Morgan fingerprint density at radius 2 is 2.31 bits per heavy atom. The van der Waals surface area contributed by atoms with Crippen molar-refractivity contribution in [2.24, 2.45) is 0 Å². The van der Waals surface area contributed by atoms with Crippen LogP contribution in [0.1, 0.15) is 10.4 Å². The van der Waals surface area contributed by atoms with Gasteiger partial charge in [0, 0.05) is 5.69 Å². The Labute approximate surface area is 80.6 Å². The number of amides is 1. The Morgan fingerprint density at radius 1 is 1.62 bits per heavy atom. The largest absolute Gasteiger partial charge is 0.398 e. The standard InChI is InChI=1S/C8H9ClN2O2/c1-13-11-8(12)7-5(9)3-2-4-6(7)10/h2-4H,10H2,1H3,(H,11,12). The first-order chi connectivity index (χ1) is 6.16. The van der Waals surface area contributed by atoms with Crippen molar-refractivity contribution in [3.8, 4) is 0 Å². The molecule has 0 spiro atoms. The number of benzene rings is 1. The van der Waals surface area contributed by atoms with Crippen LogP contribution >= 0.6 is 11.6 Å². The number of nitrogens with one attached hydrogen (secondary N) is 1. The Bertz CT molecular complexity index is 308. The van der Waals surface area contributed by atoms with Crippen LogP contribution in [0, 0.1) is 0 Å². The molecule has 0 aliphatic carbocycles. The van der Waals surface area contributed by atoms with Crippen molar-refractivity contribution >= 4 is 23.2 Å². The maximum Gasteiger partial charge on any atom is 0.278 e. The van der Waals surface area contributed by atoms with Gasteiger partial charge in [-0.05, 0) is 12.1 Å². The van der Waals surface area contributed by atoms with Gasteiger partial charge in [0.25, 0.3) is 5.91 Å². The second kappa shape index (κ2) is 4.11. The summed E-state index contributed by atoms with van der Waals surface area (Å²) in [5.41, 5.74) is 8.24. The second-order valence-electron chi connectivity index (χ2n) is 2.34. The molecule has 0 atom stereocenters. The van der Waals surface area contributed by atoms with Crippen molar-refractivity contribution in [3.05, 3.63) is 28.8 Å². The number of hydrogen-bond acceptors (Lipinski definition) is 3. The van der Waals surface area contributed by atoms with Gasteiger partial charge < -0.3 is 5.73 Å². The normalized spacial score (nSPS) is 9.69. The molecule has 5 heteroatoms. The van der Waals surface area contributed by atoms with E-state index in [0.29, 0.717) is 10.7 Å². The summed E-state index contributed by atoms with van der Waals surface area (Å²) in [5.74, 6) is -0.453. The van der Waals surface area contributed by atoms with E-state index in [-0.39, 0.29) is 5.56 Å². The van der Waals surface area contributed by atoms with Crippen molar-refractivity contribution in [3.63, 3.8) is 0 Å². The molecule has 0 unspecified atom stereocenters. The molecule has 0 saturated carbocycles. The molecule has 1 aromatic rings. The van der Waals surface area contributed by atoms with E-state index in [9.17, 15) is 4.79 Å². The minimum absolute atomic E-state index is 0.228. The maximum atomic E-state index is 11.3. The Hall–Kier alpha value is -1.26. The summed E-state index contributed by atoms with van der Waals surface area (Å²) in [5, 5.41) is 0.301. The molecule has 0 bridgehead atoms. The summed E-state index contributed by atoms with van der Waals surface area (Å²) < 4.78 is 0. The van der Waals surface area contributed by atoms with E-state index >= 15 is 0 Å². The van der Waals surface area contributed by atoms with Crippen LogP contribution < -0.4 is 11.2 Å². The van der Waals surface area contributed by atoms with Gasteiger partial charge >= 0.3 is 0 Å². The van der Waals surface area contributed by atoms with Crippen molar-refractivity contribution in [1.29, 1.82) is 0 Å². The van der Waals surface area contributed by atoms with Gasteiger partial charge in [-0.2, -0.15) is 0 Å². The molecule has 0 radical (unpaired) electrons. The predicted octanol–water partition coefficient (Wildman–Crippen LogP) is 1.21. The summed E-state index contributed by atoms with van der Waals surface area (Å²) >= 11 is 5.76. The fourth-order valence-corrected chi connectivity index (χ4v) is 1.19. The molecule has 0 saturated heterocycles. The van der Waals surface area contributed by atoms with Crippen LogP contribution in [0.2, 0.25) is 5.02 Å². The molecule has 0 fully saturated rings. The number of anilines is 1. The average Bonchev–Trinajstić information content (AvgIpc) is 2.04. The van der Waals surface area contributed by atoms with E-state index in [1.165, 1.54) is 7.11 Å². The lowest BCUT2D eigenvalue weighted by molar-refractivity contribution is 0.0539. The van der Waals surface area contributed by atoms with Crippen LogP contribution in [0.5, 0.6) is 0 Å². The van der Waals surface area contributed by atoms with E-state index in [4.69, 9.17) is 17.3 Å².